The summed E-state index contributed by atoms with van der Waals surface area (Å²) < 4.78 is 11.0. The van der Waals surface area contributed by atoms with Crippen molar-refractivity contribution in [2.24, 2.45) is 11.7 Å². The van der Waals surface area contributed by atoms with Crippen LogP contribution in [0, 0.1) is 5.92 Å². The second-order valence-electron chi connectivity index (χ2n) is 5.52. The molecule has 1 aromatic rings. The molecule has 2 rings (SSSR count). The summed E-state index contributed by atoms with van der Waals surface area (Å²) in [5.41, 5.74) is 7.45. The highest BCUT2D eigenvalue weighted by Gasteiger charge is 2.29. The fourth-order valence-corrected chi connectivity index (χ4v) is 3.36. The van der Waals surface area contributed by atoms with Crippen molar-refractivity contribution in [3.63, 3.8) is 0 Å². The van der Waals surface area contributed by atoms with E-state index in [0.717, 1.165) is 5.56 Å². The zero-order chi connectivity index (χ0) is 14.5. The van der Waals surface area contributed by atoms with Crippen molar-refractivity contribution in [2.75, 3.05) is 14.2 Å². The number of halogens is 1. The zero-order valence-corrected chi connectivity index (χ0v) is 13.0. The maximum absolute atomic E-state index is 6.43. The Labute approximate surface area is 126 Å². The Hall–Kier alpha value is -0.770. The molecule has 0 radical (unpaired) electrons. The van der Waals surface area contributed by atoms with Crippen LogP contribution < -0.4 is 10.5 Å². The van der Waals surface area contributed by atoms with Gasteiger partial charge in [0.05, 0.1) is 24.3 Å². The number of nitrogens with two attached hydrogens (primary N) is 1. The number of methoxy groups -OCH3 is 2. The van der Waals surface area contributed by atoms with E-state index in [4.69, 9.17) is 26.8 Å². The second kappa shape index (κ2) is 7.30. The molecule has 0 heterocycles. The molecule has 1 saturated carbocycles. The molecule has 1 fully saturated rings. The van der Waals surface area contributed by atoms with Gasteiger partial charge >= 0.3 is 0 Å². The van der Waals surface area contributed by atoms with Crippen LogP contribution >= 0.6 is 11.6 Å². The van der Waals surface area contributed by atoms with Gasteiger partial charge in [0.2, 0.25) is 0 Å². The van der Waals surface area contributed by atoms with E-state index >= 15 is 0 Å². The van der Waals surface area contributed by atoms with Crippen molar-refractivity contribution in [1.82, 2.24) is 0 Å². The lowest BCUT2D eigenvalue weighted by Gasteiger charge is -2.33. The lowest BCUT2D eigenvalue weighted by Crippen LogP contribution is -2.35. The van der Waals surface area contributed by atoms with E-state index in [-0.39, 0.29) is 12.1 Å². The van der Waals surface area contributed by atoms with Gasteiger partial charge in [-0.25, -0.2) is 0 Å². The number of rotatable bonds is 5. The van der Waals surface area contributed by atoms with E-state index in [1.54, 1.807) is 14.2 Å². The minimum atomic E-state index is -0.144. The predicted octanol–water partition coefficient (Wildman–Crippen LogP) is 3.94. The van der Waals surface area contributed by atoms with E-state index in [1.165, 1.54) is 32.1 Å². The van der Waals surface area contributed by atoms with Crippen LogP contribution in [0.4, 0.5) is 0 Å². The average molecular weight is 298 g/mol. The topological polar surface area (TPSA) is 44.5 Å². The monoisotopic (exact) mass is 297 g/mol. The molecule has 2 atom stereocenters. The molecule has 3 nitrogen and oxygen atoms in total. The first-order chi connectivity index (χ1) is 9.67. The van der Waals surface area contributed by atoms with Crippen LogP contribution in [0.1, 0.15) is 43.7 Å². The van der Waals surface area contributed by atoms with Crippen molar-refractivity contribution in [3.05, 3.63) is 28.8 Å². The van der Waals surface area contributed by atoms with Crippen molar-refractivity contribution >= 4 is 11.6 Å². The van der Waals surface area contributed by atoms with Gasteiger partial charge < -0.3 is 15.2 Å². The van der Waals surface area contributed by atoms with Crippen LogP contribution in [-0.4, -0.2) is 20.3 Å². The Morgan fingerprint density at radius 2 is 1.90 bits per heavy atom. The third-order valence-corrected chi connectivity index (χ3v) is 4.61. The van der Waals surface area contributed by atoms with Gasteiger partial charge in [-0.1, -0.05) is 36.9 Å². The molecular formula is C16H24ClNO2. The van der Waals surface area contributed by atoms with Gasteiger partial charge in [0.25, 0.3) is 0 Å². The zero-order valence-electron chi connectivity index (χ0n) is 12.3. The molecule has 0 saturated heterocycles. The quantitative estimate of drug-likeness (QED) is 0.895. The molecule has 20 heavy (non-hydrogen) atoms. The summed E-state index contributed by atoms with van der Waals surface area (Å²) in [5, 5.41) is 0.607. The predicted molar refractivity (Wildman–Crippen MR) is 82.3 cm³/mol. The molecule has 1 aliphatic rings. The third-order valence-electron chi connectivity index (χ3n) is 4.30. The van der Waals surface area contributed by atoms with Crippen molar-refractivity contribution in [1.29, 1.82) is 0 Å². The van der Waals surface area contributed by atoms with Gasteiger partial charge in [-0.3, -0.25) is 0 Å². The molecule has 2 N–H and O–H groups in total. The summed E-state index contributed by atoms with van der Waals surface area (Å²) in [7, 11) is 3.37. The molecule has 0 aromatic heterocycles. The fourth-order valence-electron chi connectivity index (χ4n) is 3.17. The van der Waals surface area contributed by atoms with Gasteiger partial charge in [0.1, 0.15) is 5.75 Å². The summed E-state index contributed by atoms with van der Waals surface area (Å²) in [6.45, 7) is 0. The smallest absolute Gasteiger partial charge is 0.137 e. The van der Waals surface area contributed by atoms with E-state index in [9.17, 15) is 0 Å². The van der Waals surface area contributed by atoms with E-state index in [0.29, 0.717) is 16.7 Å². The Kier molecular flexibility index (Phi) is 5.70. The fraction of sp³-hybridized carbons (Fsp3) is 0.625. The first kappa shape index (κ1) is 15.6. The standard InChI is InChI=1S/C16H24ClNO2/c1-19-14-10-12(8-9-13(14)17)15(18)16(20-2)11-6-4-3-5-7-11/h8-11,15-16H,3-7,18H2,1-2H3. The van der Waals surface area contributed by atoms with Crippen molar-refractivity contribution < 1.29 is 9.47 Å². The molecule has 1 aliphatic carbocycles. The minimum absolute atomic E-state index is 0.0566. The van der Waals surface area contributed by atoms with Crippen molar-refractivity contribution in [2.45, 2.75) is 44.2 Å². The molecule has 0 aliphatic heterocycles. The maximum atomic E-state index is 6.43. The summed E-state index contributed by atoms with van der Waals surface area (Å²) >= 11 is 6.07. The summed E-state index contributed by atoms with van der Waals surface area (Å²) in [5.74, 6) is 1.21. The summed E-state index contributed by atoms with van der Waals surface area (Å²) in [4.78, 5) is 0. The minimum Gasteiger partial charge on any atom is -0.495 e. The Morgan fingerprint density at radius 3 is 2.50 bits per heavy atom. The molecule has 112 valence electrons. The molecule has 2 unspecified atom stereocenters. The van der Waals surface area contributed by atoms with Gasteiger partial charge in [0, 0.05) is 7.11 Å². The van der Waals surface area contributed by atoms with Crippen LogP contribution in [0.3, 0.4) is 0 Å². The Morgan fingerprint density at radius 1 is 1.20 bits per heavy atom. The summed E-state index contributed by atoms with van der Waals surface area (Å²) in [6, 6.07) is 5.57. The molecule has 0 amide bonds. The highest BCUT2D eigenvalue weighted by Crippen LogP contribution is 2.35. The van der Waals surface area contributed by atoms with Crippen LogP contribution in [0.25, 0.3) is 0 Å². The van der Waals surface area contributed by atoms with E-state index in [2.05, 4.69) is 0 Å². The van der Waals surface area contributed by atoms with Gasteiger partial charge in [-0.05, 0) is 36.5 Å². The first-order valence-electron chi connectivity index (χ1n) is 7.29. The van der Waals surface area contributed by atoms with Crippen molar-refractivity contribution in [3.8, 4) is 5.75 Å². The second-order valence-corrected chi connectivity index (χ2v) is 5.93. The molecule has 4 heteroatoms. The normalized spacial score (nSPS) is 19.6. The number of hydrogen-bond acceptors (Lipinski definition) is 3. The van der Waals surface area contributed by atoms with Crippen LogP contribution in [0.5, 0.6) is 5.75 Å². The summed E-state index contributed by atoms with van der Waals surface area (Å²) in [6.07, 6.45) is 6.36. The largest absolute Gasteiger partial charge is 0.495 e. The number of benzene rings is 1. The van der Waals surface area contributed by atoms with Gasteiger partial charge in [0.15, 0.2) is 0 Å². The molecule has 1 aromatic carbocycles. The SMILES string of the molecule is COc1cc(C(N)C(OC)C2CCCCC2)ccc1Cl. The Balaban J connectivity index is 2.16. The van der Waals surface area contributed by atoms with E-state index < -0.39 is 0 Å². The number of hydrogen-bond donors (Lipinski definition) is 1. The van der Waals surface area contributed by atoms with E-state index in [1.807, 2.05) is 18.2 Å². The lowest BCUT2D eigenvalue weighted by atomic mass is 9.81. The average Bonchev–Trinajstić information content (AvgIpc) is 2.49. The lowest BCUT2D eigenvalue weighted by molar-refractivity contribution is 0.0172. The molecule has 0 bridgehead atoms. The van der Waals surface area contributed by atoms with Gasteiger partial charge in [-0.2, -0.15) is 0 Å². The highest BCUT2D eigenvalue weighted by atomic mass is 35.5. The Bertz CT molecular complexity index is 432. The maximum Gasteiger partial charge on any atom is 0.137 e. The van der Waals surface area contributed by atoms with Crippen LogP contribution in [-0.2, 0) is 4.74 Å². The third kappa shape index (κ3) is 3.46. The molecular weight excluding hydrogens is 274 g/mol. The van der Waals surface area contributed by atoms with Crippen LogP contribution in [0.15, 0.2) is 18.2 Å². The molecule has 0 spiro atoms. The first-order valence-corrected chi connectivity index (χ1v) is 7.67. The van der Waals surface area contributed by atoms with Crippen LogP contribution in [0.2, 0.25) is 5.02 Å². The van der Waals surface area contributed by atoms with Gasteiger partial charge in [-0.15, -0.1) is 0 Å². The highest BCUT2D eigenvalue weighted by molar-refractivity contribution is 6.32. The number of ether oxygens (including phenoxy) is 2.